The summed E-state index contributed by atoms with van der Waals surface area (Å²) in [5.74, 6) is 1.27. The summed E-state index contributed by atoms with van der Waals surface area (Å²) in [5, 5.41) is 0. The Kier molecular flexibility index (Phi) is 6.76. The van der Waals surface area contributed by atoms with Crippen LogP contribution in [0.2, 0.25) is 0 Å². The van der Waals surface area contributed by atoms with Gasteiger partial charge in [0.25, 0.3) is 0 Å². The maximum absolute atomic E-state index is 12.2. The van der Waals surface area contributed by atoms with Crippen LogP contribution in [0.1, 0.15) is 18.4 Å². The molecule has 2 rings (SSSR count). The molecule has 4 nitrogen and oxygen atoms in total. The number of nitrogens with zero attached hydrogens (tertiary/aromatic N) is 1. The molecule has 1 amide bonds. The maximum Gasteiger partial charge on any atom is 0.308 e. The molecule has 1 aliphatic rings. The van der Waals surface area contributed by atoms with E-state index >= 15 is 0 Å². The van der Waals surface area contributed by atoms with Crippen LogP contribution in [0.15, 0.2) is 28.7 Å². The van der Waals surface area contributed by atoms with Gasteiger partial charge in [-0.25, -0.2) is 0 Å². The molecule has 1 aromatic rings. The number of esters is 1. The molecule has 0 aliphatic carbocycles. The zero-order valence-corrected chi connectivity index (χ0v) is 15.0. The van der Waals surface area contributed by atoms with Gasteiger partial charge in [-0.2, -0.15) is 0 Å². The number of carbonyl (C=O) groups is 2. The molecule has 0 atom stereocenters. The van der Waals surface area contributed by atoms with E-state index in [4.69, 9.17) is 4.74 Å². The van der Waals surface area contributed by atoms with Crippen molar-refractivity contribution in [2.75, 3.05) is 26.0 Å². The van der Waals surface area contributed by atoms with Gasteiger partial charge in [0.2, 0.25) is 5.91 Å². The van der Waals surface area contributed by atoms with E-state index in [1.165, 1.54) is 12.7 Å². The van der Waals surface area contributed by atoms with Crippen molar-refractivity contribution in [1.29, 1.82) is 0 Å². The van der Waals surface area contributed by atoms with Crippen molar-refractivity contribution in [3.8, 4) is 0 Å². The predicted octanol–water partition coefficient (Wildman–Crippen LogP) is 3.09. The van der Waals surface area contributed by atoms with Crippen LogP contribution in [-0.4, -0.2) is 42.7 Å². The summed E-state index contributed by atoms with van der Waals surface area (Å²) in [7, 11) is 1.42. The quantitative estimate of drug-likeness (QED) is 0.730. The predicted molar refractivity (Wildman–Crippen MR) is 91.6 cm³/mol. The van der Waals surface area contributed by atoms with Crippen molar-refractivity contribution >= 4 is 39.6 Å². The van der Waals surface area contributed by atoms with Gasteiger partial charge in [0.05, 0.1) is 18.8 Å². The third-order valence-corrected chi connectivity index (χ3v) is 5.31. The molecule has 0 spiro atoms. The number of rotatable bonds is 5. The summed E-state index contributed by atoms with van der Waals surface area (Å²) in [6, 6.07) is 8.14. The minimum atomic E-state index is -0.156. The SMILES string of the molecule is COC(=O)C1CCN(C(=O)CSCc2ccc(Br)cc2)CC1. The van der Waals surface area contributed by atoms with Crippen molar-refractivity contribution < 1.29 is 14.3 Å². The largest absolute Gasteiger partial charge is 0.469 e. The number of amides is 1. The molecule has 0 radical (unpaired) electrons. The molecular weight excluding hydrogens is 366 g/mol. The number of hydrogen-bond acceptors (Lipinski definition) is 4. The Morgan fingerprint density at radius 2 is 1.91 bits per heavy atom. The highest BCUT2D eigenvalue weighted by Crippen LogP contribution is 2.20. The average Bonchev–Trinajstić information content (AvgIpc) is 2.56. The number of ether oxygens (including phenoxy) is 1. The Morgan fingerprint density at radius 3 is 2.50 bits per heavy atom. The van der Waals surface area contributed by atoms with Crippen LogP contribution >= 0.6 is 27.7 Å². The molecule has 1 heterocycles. The third-order valence-electron chi connectivity index (χ3n) is 3.79. The van der Waals surface area contributed by atoms with Crippen LogP contribution in [0.4, 0.5) is 0 Å². The second kappa shape index (κ2) is 8.58. The minimum absolute atomic E-state index is 0.0514. The van der Waals surface area contributed by atoms with Gasteiger partial charge in [0.15, 0.2) is 0 Å². The lowest BCUT2D eigenvalue weighted by molar-refractivity contribution is -0.148. The smallest absolute Gasteiger partial charge is 0.308 e. The average molecular weight is 386 g/mol. The number of halogens is 1. The molecule has 0 bridgehead atoms. The molecule has 6 heteroatoms. The topological polar surface area (TPSA) is 46.6 Å². The molecule has 0 aromatic heterocycles. The first-order valence-corrected chi connectivity index (χ1v) is 9.22. The fourth-order valence-corrected chi connectivity index (χ4v) is 3.61. The van der Waals surface area contributed by atoms with Crippen LogP contribution in [-0.2, 0) is 20.1 Å². The first-order chi connectivity index (χ1) is 10.6. The van der Waals surface area contributed by atoms with E-state index in [1.54, 1.807) is 11.8 Å². The molecule has 0 unspecified atom stereocenters. The molecule has 1 aliphatic heterocycles. The number of benzene rings is 1. The number of hydrogen-bond donors (Lipinski definition) is 0. The van der Waals surface area contributed by atoms with Gasteiger partial charge in [-0.15, -0.1) is 11.8 Å². The normalized spacial score (nSPS) is 15.6. The zero-order chi connectivity index (χ0) is 15.9. The van der Waals surface area contributed by atoms with Gasteiger partial charge in [0, 0.05) is 23.3 Å². The van der Waals surface area contributed by atoms with Crippen molar-refractivity contribution in [3.63, 3.8) is 0 Å². The van der Waals surface area contributed by atoms with Crippen LogP contribution < -0.4 is 0 Å². The van der Waals surface area contributed by atoms with Gasteiger partial charge < -0.3 is 9.64 Å². The summed E-state index contributed by atoms with van der Waals surface area (Å²) in [4.78, 5) is 25.5. The molecule has 22 heavy (non-hydrogen) atoms. The Balaban J connectivity index is 1.70. The lowest BCUT2D eigenvalue weighted by Gasteiger charge is -2.30. The fraction of sp³-hybridized carbons (Fsp3) is 0.500. The third kappa shape index (κ3) is 5.02. The van der Waals surface area contributed by atoms with Crippen molar-refractivity contribution in [2.24, 2.45) is 5.92 Å². The summed E-state index contributed by atoms with van der Waals surface area (Å²) >= 11 is 5.04. The number of carbonyl (C=O) groups excluding carboxylic acids is 2. The van der Waals surface area contributed by atoms with E-state index < -0.39 is 0 Å². The van der Waals surface area contributed by atoms with E-state index in [1.807, 2.05) is 17.0 Å². The molecule has 120 valence electrons. The summed E-state index contributed by atoms with van der Waals surface area (Å²) in [6.07, 6.45) is 1.41. The van der Waals surface area contributed by atoms with Crippen LogP contribution in [0.5, 0.6) is 0 Å². The lowest BCUT2D eigenvalue weighted by Crippen LogP contribution is -2.41. The summed E-state index contributed by atoms with van der Waals surface area (Å²) < 4.78 is 5.82. The molecular formula is C16H20BrNO3S. The molecule has 1 fully saturated rings. The fourth-order valence-electron chi connectivity index (χ4n) is 2.46. The van der Waals surface area contributed by atoms with Gasteiger partial charge in [-0.05, 0) is 30.5 Å². The first kappa shape index (κ1) is 17.3. The highest BCUT2D eigenvalue weighted by Gasteiger charge is 2.27. The van der Waals surface area contributed by atoms with Crippen molar-refractivity contribution in [2.45, 2.75) is 18.6 Å². The van der Waals surface area contributed by atoms with E-state index in [0.29, 0.717) is 31.7 Å². The van der Waals surface area contributed by atoms with Gasteiger partial charge >= 0.3 is 5.97 Å². The maximum atomic E-state index is 12.2. The Labute approximate surface area is 143 Å². The lowest BCUT2D eigenvalue weighted by atomic mass is 9.97. The van der Waals surface area contributed by atoms with Crippen LogP contribution in [0.3, 0.4) is 0 Å². The number of thioether (sulfide) groups is 1. The van der Waals surface area contributed by atoms with Gasteiger partial charge in [-0.3, -0.25) is 9.59 Å². The Hall–Kier alpha value is -1.01. The summed E-state index contributed by atoms with van der Waals surface area (Å²) in [5.41, 5.74) is 1.21. The van der Waals surface area contributed by atoms with Crippen molar-refractivity contribution in [1.82, 2.24) is 4.90 Å². The van der Waals surface area contributed by atoms with E-state index in [9.17, 15) is 9.59 Å². The second-order valence-electron chi connectivity index (χ2n) is 5.30. The number of piperidine rings is 1. The molecule has 1 aromatic carbocycles. The monoisotopic (exact) mass is 385 g/mol. The van der Waals surface area contributed by atoms with E-state index in [-0.39, 0.29) is 17.8 Å². The highest BCUT2D eigenvalue weighted by molar-refractivity contribution is 9.10. The van der Waals surface area contributed by atoms with Crippen LogP contribution in [0.25, 0.3) is 0 Å². The van der Waals surface area contributed by atoms with E-state index in [2.05, 4.69) is 28.1 Å². The van der Waals surface area contributed by atoms with Crippen molar-refractivity contribution in [3.05, 3.63) is 34.3 Å². The van der Waals surface area contributed by atoms with Gasteiger partial charge in [0.1, 0.15) is 0 Å². The molecule has 1 saturated heterocycles. The highest BCUT2D eigenvalue weighted by atomic mass is 79.9. The second-order valence-corrected chi connectivity index (χ2v) is 7.20. The number of methoxy groups -OCH3 is 1. The molecule has 0 saturated carbocycles. The molecule has 0 N–H and O–H groups in total. The summed E-state index contributed by atoms with van der Waals surface area (Å²) in [6.45, 7) is 1.30. The Bertz CT molecular complexity index is 513. The first-order valence-electron chi connectivity index (χ1n) is 7.28. The van der Waals surface area contributed by atoms with Crippen LogP contribution in [0, 0.1) is 5.92 Å². The number of likely N-dealkylation sites (tertiary alicyclic amines) is 1. The van der Waals surface area contributed by atoms with Gasteiger partial charge in [-0.1, -0.05) is 28.1 Å². The van der Waals surface area contributed by atoms with E-state index in [0.717, 1.165) is 10.2 Å². The standard InChI is InChI=1S/C16H20BrNO3S/c1-21-16(20)13-6-8-18(9-7-13)15(19)11-22-10-12-2-4-14(17)5-3-12/h2-5,13H,6-11H2,1H3. The zero-order valence-electron chi connectivity index (χ0n) is 12.6. The Morgan fingerprint density at radius 1 is 1.27 bits per heavy atom. The minimum Gasteiger partial charge on any atom is -0.469 e.